The number of hydrogen-bond donors (Lipinski definition) is 0. The van der Waals surface area contributed by atoms with Crippen LogP contribution in [0.3, 0.4) is 0 Å². The van der Waals surface area contributed by atoms with Gasteiger partial charge in [-0.2, -0.15) is 0 Å². The largest absolute Gasteiger partial charge is 0.498 e. The van der Waals surface area contributed by atoms with Crippen LogP contribution in [0.5, 0.6) is 0 Å². The lowest BCUT2D eigenvalue weighted by atomic mass is 9.90. The van der Waals surface area contributed by atoms with Crippen LogP contribution in [0.4, 0.5) is 8.78 Å². The van der Waals surface area contributed by atoms with Crippen LogP contribution in [-0.2, 0) is 14.2 Å². The van der Waals surface area contributed by atoms with Gasteiger partial charge in [-0.15, -0.1) is 0 Å². The molecule has 1 fully saturated rings. The van der Waals surface area contributed by atoms with Crippen LogP contribution in [0.2, 0.25) is 0 Å². The fraction of sp³-hybridized carbons (Fsp3) is 0.826. The highest BCUT2D eigenvalue weighted by atomic mass is 19.2. The van der Waals surface area contributed by atoms with E-state index in [0.717, 1.165) is 38.5 Å². The van der Waals surface area contributed by atoms with Crippen LogP contribution >= 0.6 is 0 Å². The highest BCUT2D eigenvalue weighted by molar-refractivity contribution is 5.28. The van der Waals surface area contributed by atoms with Crippen LogP contribution in [0.15, 0.2) is 23.0 Å². The molecular weight excluding hydrogens is 362 g/mol. The molecule has 1 heterocycles. The van der Waals surface area contributed by atoms with Gasteiger partial charge in [0.2, 0.25) is 0 Å². The number of rotatable bonds is 12. The molecule has 164 valence electrons. The zero-order valence-electron chi connectivity index (χ0n) is 18.7. The van der Waals surface area contributed by atoms with Gasteiger partial charge in [0.05, 0.1) is 25.9 Å². The smallest absolute Gasteiger partial charge is 0.195 e. The fourth-order valence-electron chi connectivity index (χ4n) is 3.66. The minimum atomic E-state index is -0.888. The maximum Gasteiger partial charge on any atom is 0.195 e. The van der Waals surface area contributed by atoms with Gasteiger partial charge in [0.1, 0.15) is 5.76 Å². The van der Waals surface area contributed by atoms with E-state index in [1.54, 1.807) is 0 Å². The van der Waals surface area contributed by atoms with E-state index in [9.17, 15) is 8.78 Å². The van der Waals surface area contributed by atoms with E-state index in [0.29, 0.717) is 37.2 Å². The van der Waals surface area contributed by atoms with Crippen molar-refractivity contribution in [3.05, 3.63) is 23.0 Å². The second-order valence-corrected chi connectivity index (χ2v) is 8.13. The molecule has 0 amide bonds. The average Bonchev–Trinajstić information content (AvgIpc) is 2.71. The summed E-state index contributed by atoms with van der Waals surface area (Å²) < 4.78 is 45.3. The van der Waals surface area contributed by atoms with E-state index in [1.165, 1.54) is 14.0 Å². The normalized spacial score (nSPS) is 24.3. The summed E-state index contributed by atoms with van der Waals surface area (Å²) in [7, 11) is 1.35. The molecule has 1 aliphatic heterocycles. The topological polar surface area (TPSA) is 27.7 Å². The molecule has 0 aromatic rings. The Morgan fingerprint density at radius 2 is 1.82 bits per heavy atom. The first-order valence-electron chi connectivity index (χ1n) is 10.9. The van der Waals surface area contributed by atoms with E-state index in [2.05, 4.69) is 13.8 Å². The lowest BCUT2D eigenvalue weighted by molar-refractivity contribution is -0.0933. The molecule has 1 saturated heterocycles. The molecule has 4 unspecified atom stereocenters. The third-order valence-electron chi connectivity index (χ3n) is 5.71. The fourth-order valence-corrected chi connectivity index (χ4v) is 3.66. The van der Waals surface area contributed by atoms with Gasteiger partial charge in [-0.05, 0) is 62.9 Å². The van der Waals surface area contributed by atoms with Crippen LogP contribution in [-0.4, -0.2) is 32.5 Å². The second kappa shape index (κ2) is 13.3. The number of halogens is 2. The summed E-state index contributed by atoms with van der Waals surface area (Å²) in [6.45, 7) is 11.0. The second-order valence-electron chi connectivity index (χ2n) is 8.13. The van der Waals surface area contributed by atoms with Crippen molar-refractivity contribution in [3.8, 4) is 0 Å². The van der Waals surface area contributed by atoms with Crippen LogP contribution < -0.4 is 0 Å². The monoisotopic (exact) mass is 402 g/mol. The molecule has 4 atom stereocenters. The Morgan fingerprint density at radius 3 is 2.36 bits per heavy atom. The molecule has 0 radical (unpaired) electrons. The van der Waals surface area contributed by atoms with Gasteiger partial charge >= 0.3 is 0 Å². The molecule has 3 nitrogen and oxygen atoms in total. The zero-order valence-corrected chi connectivity index (χ0v) is 18.7. The van der Waals surface area contributed by atoms with E-state index < -0.39 is 11.7 Å². The first-order valence-corrected chi connectivity index (χ1v) is 10.9. The Hall–Kier alpha value is -0.940. The van der Waals surface area contributed by atoms with Gasteiger partial charge in [-0.25, -0.2) is 8.78 Å². The molecule has 0 aromatic heterocycles. The Morgan fingerprint density at radius 1 is 1.11 bits per heavy atom. The first-order chi connectivity index (χ1) is 13.3. The highest BCUT2D eigenvalue weighted by Gasteiger charge is 2.23. The van der Waals surface area contributed by atoms with Gasteiger partial charge in [0.15, 0.2) is 11.7 Å². The lowest BCUT2D eigenvalue weighted by Crippen LogP contribution is -2.32. The van der Waals surface area contributed by atoms with Crippen molar-refractivity contribution in [1.82, 2.24) is 0 Å². The van der Waals surface area contributed by atoms with Crippen LogP contribution in [0.25, 0.3) is 0 Å². The Labute approximate surface area is 170 Å². The first kappa shape index (κ1) is 25.1. The maximum absolute atomic E-state index is 14.5. The van der Waals surface area contributed by atoms with E-state index in [1.807, 2.05) is 13.8 Å². The highest BCUT2D eigenvalue weighted by Crippen LogP contribution is 2.31. The Balaban J connectivity index is 2.43. The van der Waals surface area contributed by atoms with Gasteiger partial charge in [-0.1, -0.05) is 34.1 Å². The number of allylic oxidation sites excluding steroid dienone is 4. The third-order valence-corrected chi connectivity index (χ3v) is 5.71. The molecule has 28 heavy (non-hydrogen) atoms. The lowest BCUT2D eigenvalue weighted by Gasteiger charge is -2.29. The van der Waals surface area contributed by atoms with Crippen molar-refractivity contribution in [2.24, 2.45) is 11.8 Å². The SMILES string of the molecule is CCCC1CCC(OCC(C)CCC(C)/C(CC)=C(F)/C(F)=C(\C)OC)CO1. The van der Waals surface area contributed by atoms with Gasteiger partial charge in [0, 0.05) is 6.61 Å². The van der Waals surface area contributed by atoms with Gasteiger partial charge in [-0.3, -0.25) is 0 Å². The number of ether oxygens (including phenoxy) is 3. The summed E-state index contributed by atoms with van der Waals surface area (Å²) in [6.07, 6.45) is 7.22. The summed E-state index contributed by atoms with van der Waals surface area (Å²) in [5.74, 6) is -1.32. The zero-order chi connectivity index (χ0) is 21.1. The van der Waals surface area contributed by atoms with E-state index >= 15 is 0 Å². The molecule has 1 rings (SSSR count). The van der Waals surface area contributed by atoms with Crippen molar-refractivity contribution < 1.29 is 23.0 Å². The molecule has 0 saturated carbocycles. The predicted molar refractivity (Wildman–Crippen MR) is 110 cm³/mol. The Bertz CT molecular complexity index is 508. The summed E-state index contributed by atoms with van der Waals surface area (Å²) in [4.78, 5) is 0. The average molecular weight is 403 g/mol. The standard InChI is InChI=1S/C23H40F2O3/c1-7-9-19-12-13-20(15-28-19)27-14-16(3)10-11-17(4)21(8-2)23(25)22(24)18(5)26-6/h16-17,19-20H,7-15H2,1-6H3/b22-18-,23-21-. The summed E-state index contributed by atoms with van der Waals surface area (Å²) in [6, 6.07) is 0. The van der Waals surface area contributed by atoms with Crippen molar-refractivity contribution in [1.29, 1.82) is 0 Å². The molecular formula is C23H40F2O3. The molecule has 0 spiro atoms. The molecule has 1 aliphatic rings. The minimum absolute atomic E-state index is 0.0179. The van der Waals surface area contributed by atoms with Crippen molar-refractivity contribution in [2.45, 2.75) is 91.8 Å². The predicted octanol–water partition coefficient (Wildman–Crippen LogP) is 6.88. The summed E-state index contributed by atoms with van der Waals surface area (Å²) >= 11 is 0. The number of methoxy groups -OCH3 is 1. The Kier molecular flexibility index (Phi) is 11.9. The molecule has 0 aliphatic carbocycles. The maximum atomic E-state index is 14.5. The molecule has 0 N–H and O–H groups in total. The molecule has 0 bridgehead atoms. The van der Waals surface area contributed by atoms with Crippen molar-refractivity contribution >= 4 is 0 Å². The van der Waals surface area contributed by atoms with E-state index in [-0.39, 0.29) is 17.8 Å². The third kappa shape index (κ3) is 8.20. The van der Waals surface area contributed by atoms with Gasteiger partial charge in [0.25, 0.3) is 0 Å². The van der Waals surface area contributed by atoms with Gasteiger partial charge < -0.3 is 14.2 Å². The van der Waals surface area contributed by atoms with Crippen molar-refractivity contribution in [3.63, 3.8) is 0 Å². The number of hydrogen-bond acceptors (Lipinski definition) is 3. The molecule has 5 heteroatoms. The van der Waals surface area contributed by atoms with Crippen LogP contribution in [0.1, 0.15) is 79.6 Å². The molecule has 0 aromatic carbocycles. The summed E-state index contributed by atoms with van der Waals surface area (Å²) in [5.41, 5.74) is 0.518. The summed E-state index contributed by atoms with van der Waals surface area (Å²) in [5, 5.41) is 0. The quantitative estimate of drug-likeness (QED) is 0.263. The van der Waals surface area contributed by atoms with E-state index in [4.69, 9.17) is 14.2 Å². The van der Waals surface area contributed by atoms with Crippen LogP contribution in [0, 0.1) is 11.8 Å². The van der Waals surface area contributed by atoms with Crippen molar-refractivity contribution in [2.75, 3.05) is 20.3 Å². The minimum Gasteiger partial charge on any atom is -0.498 e.